The first kappa shape index (κ1) is 32.6. The molecule has 0 unspecified atom stereocenters. The number of imide groups is 1. The van der Waals surface area contributed by atoms with Gasteiger partial charge in [0.1, 0.15) is 0 Å². The summed E-state index contributed by atoms with van der Waals surface area (Å²) >= 11 is 0. The summed E-state index contributed by atoms with van der Waals surface area (Å²) in [6, 6.07) is 12.4. The van der Waals surface area contributed by atoms with Gasteiger partial charge in [0.15, 0.2) is 0 Å². The second-order valence-electron chi connectivity index (χ2n) is 8.86. The van der Waals surface area contributed by atoms with E-state index in [9.17, 15) is 28.8 Å². The van der Waals surface area contributed by atoms with E-state index in [1.165, 1.54) is 29.2 Å². The van der Waals surface area contributed by atoms with E-state index in [0.717, 1.165) is 12.8 Å². The van der Waals surface area contributed by atoms with Crippen LogP contribution >= 0.6 is 0 Å². The average molecular weight is 573 g/mol. The number of aromatic carboxylic acids is 1. The molecule has 0 bridgehead atoms. The van der Waals surface area contributed by atoms with Crippen molar-refractivity contribution >= 4 is 35.6 Å². The number of benzene rings is 2. The first-order valence-electron chi connectivity index (χ1n) is 13.0. The SMILES string of the molecule is CCCCCC(=O)OONC(=O)c1ccccc1C(=O)O.O=C(CCCCCN1C(=O)c2ccccc2C1=O)OO. The lowest BCUT2D eigenvalue weighted by molar-refractivity contribution is -0.297. The van der Waals surface area contributed by atoms with Crippen molar-refractivity contribution in [3.63, 3.8) is 0 Å². The van der Waals surface area contributed by atoms with Gasteiger partial charge in [0.05, 0.1) is 22.3 Å². The van der Waals surface area contributed by atoms with Crippen molar-refractivity contribution in [1.82, 2.24) is 10.4 Å². The van der Waals surface area contributed by atoms with E-state index in [4.69, 9.17) is 10.4 Å². The number of carbonyl (C=O) groups is 6. The summed E-state index contributed by atoms with van der Waals surface area (Å²) in [5.74, 6) is -3.85. The summed E-state index contributed by atoms with van der Waals surface area (Å²) < 4.78 is 0. The zero-order valence-corrected chi connectivity index (χ0v) is 22.5. The van der Waals surface area contributed by atoms with Crippen LogP contribution in [-0.2, 0) is 24.4 Å². The number of carbonyl (C=O) groups excluding carboxylic acids is 5. The molecule has 0 aliphatic carbocycles. The lowest BCUT2D eigenvalue weighted by atomic mass is 10.1. The summed E-state index contributed by atoms with van der Waals surface area (Å²) in [6.45, 7) is 2.34. The second-order valence-corrected chi connectivity index (χ2v) is 8.86. The molecule has 0 aromatic heterocycles. The molecule has 2 aromatic rings. The van der Waals surface area contributed by atoms with Gasteiger partial charge in [-0.15, -0.1) is 0 Å². The molecule has 0 spiro atoms. The zero-order chi connectivity index (χ0) is 30.2. The van der Waals surface area contributed by atoms with Crippen molar-refractivity contribution in [2.75, 3.05) is 6.54 Å². The highest BCUT2D eigenvalue weighted by atomic mass is 17.3. The number of carboxylic acids is 1. The van der Waals surface area contributed by atoms with Crippen LogP contribution < -0.4 is 5.48 Å². The molecule has 13 heteroatoms. The third-order valence-corrected chi connectivity index (χ3v) is 5.90. The fraction of sp³-hybridized carbons (Fsp3) is 0.357. The fourth-order valence-corrected chi connectivity index (χ4v) is 3.79. The van der Waals surface area contributed by atoms with Crippen molar-refractivity contribution < 1.29 is 53.9 Å². The predicted molar refractivity (Wildman–Crippen MR) is 141 cm³/mol. The topological polar surface area (TPSA) is 186 Å². The molecule has 3 amide bonds. The van der Waals surface area contributed by atoms with Crippen molar-refractivity contribution in [1.29, 1.82) is 0 Å². The van der Waals surface area contributed by atoms with Crippen molar-refractivity contribution in [3.8, 4) is 0 Å². The average Bonchev–Trinajstić information content (AvgIpc) is 3.22. The number of nitrogens with zero attached hydrogens (tertiary/aromatic N) is 1. The van der Waals surface area contributed by atoms with Gasteiger partial charge < -0.3 is 9.99 Å². The number of amides is 3. The molecule has 0 radical (unpaired) electrons. The molecule has 0 atom stereocenters. The Kier molecular flexibility index (Phi) is 13.6. The first-order valence-corrected chi connectivity index (χ1v) is 13.0. The van der Waals surface area contributed by atoms with E-state index in [0.29, 0.717) is 43.4 Å². The van der Waals surface area contributed by atoms with Crippen LogP contribution in [0.1, 0.15) is 99.7 Å². The maximum absolute atomic E-state index is 12.0. The van der Waals surface area contributed by atoms with E-state index in [1.807, 2.05) is 12.4 Å². The smallest absolute Gasteiger partial charge is 0.345 e. The maximum Gasteiger partial charge on any atom is 0.345 e. The highest BCUT2D eigenvalue weighted by molar-refractivity contribution is 6.21. The highest BCUT2D eigenvalue weighted by Gasteiger charge is 2.34. The minimum absolute atomic E-state index is 0.0907. The minimum atomic E-state index is -1.24. The van der Waals surface area contributed by atoms with Crippen LogP contribution in [-0.4, -0.2) is 57.4 Å². The van der Waals surface area contributed by atoms with Crippen molar-refractivity contribution in [2.24, 2.45) is 0 Å². The second kappa shape index (κ2) is 17.2. The summed E-state index contributed by atoms with van der Waals surface area (Å²) in [4.78, 5) is 82.1. The molecule has 1 heterocycles. The number of fused-ring (bicyclic) bond motifs is 1. The molecule has 0 saturated carbocycles. The number of hydrogen-bond acceptors (Lipinski definition) is 10. The van der Waals surface area contributed by atoms with Gasteiger partial charge in [-0.1, -0.05) is 55.4 Å². The van der Waals surface area contributed by atoms with Crippen LogP contribution in [0, 0.1) is 0 Å². The summed E-state index contributed by atoms with van der Waals surface area (Å²) in [5.41, 5.74) is 2.50. The van der Waals surface area contributed by atoms with E-state index in [2.05, 4.69) is 14.8 Å². The molecule has 3 rings (SSSR count). The molecule has 41 heavy (non-hydrogen) atoms. The van der Waals surface area contributed by atoms with Crippen LogP contribution in [0.25, 0.3) is 0 Å². The number of unbranched alkanes of at least 4 members (excludes halogenated alkanes) is 4. The van der Waals surface area contributed by atoms with Gasteiger partial charge in [0.2, 0.25) is 0 Å². The molecular weight excluding hydrogens is 540 g/mol. The van der Waals surface area contributed by atoms with E-state index < -0.39 is 23.8 Å². The molecule has 13 nitrogen and oxygen atoms in total. The van der Waals surface area contributed by atoms with E-state index in [1.54, 1.807) is 24.3 Å². The van der Waals surface area contributed by atoms with Crippen LogP contribution in [0.4, 0.5) is 0 Å². The molecule has 2 aromatic carbocycles. The normalized spacial score (nSPS) is 11.7. The van der Waals surface area contributed by atoms with Gasteiger partial charge in [-0.05, 0) is 43.5 Å². The Bertz CT molecular complexity index is 1210. The van der Waals surface area contributed by atoms with E-state index >= 15 is 0 Å². The maximum atomic E-state index is 12.0. The van der Waals surface area contributed by atoms with Gasteiger partial charge in [-0.2, -0.15) is 10.7 Å². The summed E-state index contributed by atoms with van der Waals surface area (Å²) in [6.07, 6.45) is 4.68. The van der Waals surface area contributed by atoms with Crippen molar-refractivity contribution in [2.45, 2.75) is 58.3 Å². The fourth-order valence-electron chi connectivity index (χ4n) is 3.79. The molecule has 3 N–H and O–H groups in total. The Hall–Kier alpha value is -4.62. The van der Waals surface area contributed by atoms with E-state index in [-0.39, 0.29) is 35.8 Å². The molecule has 1 aliphatic heterocycles. The van der Waals surface area contributed by atoms with Gasteiger partial charge >= 0.3 is 17.9 Å². The summed E-state index contributed by atoms with van der Waals surface area (Å²) in [5, 5.41) is 17.0. The zero-order valence-electron chi connectivity index (χ0n) is 22.5. The molecule has 1 aliphatic rings. The van der Waals surface area contributed by atoms with Gasteiger partial charge in [0, 0.05) is 19.4 Å². The molecule has 0 saturated heterocycles. The molecule has 0 fully saturated rings. The quantitative estimate of drug-likeness (QED) is 0.129. The number of nitrogens with one attached hydrogen (secondary N) is 1. The highest BCUT2D eigenvalue weighted by Crippen LogP contribution is 2.22. The van der Waals surface area contributed by atoms with Crippen LogP contribution in [0.2, 0.25) is 0 Å². The Morgan fingerprint density at radius 2 is 1.34 bits per heavy atom. The van der Waals surface area contributed by atoms with Crippen LogP contribution in [0.3, 0.4) is 0 Å². The standard InChI is InChI=1S/C14H17NO6.C14H15NO5/c1-2-3-4-9-12(16)20-21-15-13(17)10-7-5-6-8-11(10)14(18)19;16-12(20-19)8-2-1-5-9-15-13(17)10-6-3-4-7-11(10)14(15)18/h5-8H,2-4,9H2,1H3,(H,15,17)(H,18,19);3-4,6-7,19H,1-2,5,8-9H2. The number of carboxylic acid groups (broad SMARTS) is 1. The van der Waals surface area contributed by atoms with Crippen LogP contribution in [0.5, 0.6) is 0 Å². The van der Waals surface area contributed by atoms with Crippen LogP contribution in [0.15, 0.2) is 48.5 Å². The van der Waals surface area contributed by atoms with Gasteiger partial charge in [-0.25, -0.2) is 14.4 Å². The lowest BCUT2D eigenvalue weighted by Crippen LogP contribution is -2.30. The molecular formula is C28H32N2O11. The summed E-state index contributed by atoms with van der Waals surface area (Å²) in [7, 11) is 0. The lowest BCUT2D eigenvalue weighted by Gasteiger charge is -2.13. The Balaban J connectivity index is 0.000000287. The number of hydrogen-bond donors (Lipinski definition) is 3. The predicted octanol–water partition coefficient (Wildman–Crippen LogP) is 3.94. The number of rotatable bonds is 14. The Morgan fingerprint density at radius 3 is 1.93 bits per heavy atom. The molecule has 220 valence electrons. The minimum Gasteiger partial charge on any atom is -0.478 e. The third kappa shape index (κ3) is 10.1. The Labute approximate surface area is 235 Å². The first-order chi connectivity index (χ1) is 19.7. The monoisotopic (exact) mass is 572 g/mol. The largest absolute Gasteiger partial charge is 0.478 e. The Morgan fingerprint density at radius 1 is 0.780 bits per heavy atom. The van der Waals surface area contributed by atoms with Gasteiger partial charge in [-0.3, -0.25) is 24.2 Å². The number of hydroxylamine groups is 1. The van der Waals surface area contributed by atoms with Crippen molar-refractivity contribution in [3.05, 3.63) is 70.8 Å². The van der Waals surface area contributed by atoms with Gasteiger partial charge in [0.25, 0.3) is 17.7 Å². The third-order valence-electron chi connectivity index (χ3n) is 5.90.